The molecule has 3 fully saturated rings. The van der Waals surface area contributed by atoms with Crippen LogP contribution in [0.25, 0.3) is 0 Å². The topological polar surface area (TPSA) is 34.1 Å². The van der Waals surface area contributed by atoms with Gasteiger partial charge in [-0.2, -0.15) is 0 Å². The summed E-state index contributed by atoms with van der Waals surface area (Å²) >= 11 is 0. The Morgan fingerprint density at radius 2 is 1.92 bits per heavy atom. The van der Waals surface area contributed by atoms with E-state index in [1.54, 1.807) is 0 Å². The van der Waals surface area contributed by atoms with Crippen molar-refractivity contribution < 1.29 is 8.42 Å². The second-order valence-corrected chi connectivity index (χ2v) is 7.83. The molecule has 2 nitrogen and oxygen atoms in total. The zero-order valence-corrected chi connectivity index (χ0v) is 8.97. The summed E-state index contributed by atoms with van der Waals surface area (Å²) in [4.78, 5) is 0. The van der Waals surface area contributed by atoms with E-state index >= 15 is 0 Å². The zero-order valence-electron chi connectivity index (χ0n) is 8.16. The fourth-order valence-electron chi connectivity index (χ4n) is 4.24. The first-order valence-electron chi connectivity index (χ1n) is 5.14. The normalized spacial score (nSPS) is 54.3. The molecule has 1 saturated heterocycles. The minimum absolute atomic E-state index is 0.00347. The first-order chi connectivity index (χ1) is 5.93. The van der Waals surface area contributed by atoms with Crippen LogP contribution in [0.3, 0.4) is 0 Å². The van der Waals surface area contributed by atoms with Gasteiger partial charge in [0.2, 0.25) is 0 Å². The predicted molar refractivity (Wildman–Crippen MR) is 51.1 cm³/mol. The Hall–Kier alpha value is -0.0500. The quantitative estimate of drug-likeness (QED) is 0.593. The van der Waals surface area contributed by atoms with Gasteiger partial charge in [0.15, 0.2) is 9.84 Å². The van der Waals surface area contributed by atoms with Crippen molar-refractivity contribution in [2.24, 2.45) is 23.2 Å². The van der Waals surface area contributed by atoms with Gasteiger partial charge in [-0.15, -0.1) is 0 Å². The highest BCUT2D eigenvalue weighted by Crippen LogP contribution is 2.64. The molecule has 13 heavy (non-hydrogen) atoms. The summed E-state index contributed by atoms with van der Waals surface area (Å²) in [6.07, 6.45) is 2.36. The molecule has 1 aliphatic heterocycles. The molecular formula is C10H16O2S. The molecule has 0 aromatic rings. The summed E-state index contributed by atoms with van der Waals surface area (Å²) in [6, 6.07) is 0. The number of hydrogen-bond acceptors (Lipinski definition) is 2. The van der Waals surface area contributed by atoms with E-state index in [9.17, 15) is 8.42 Å². The molecule has 0 radical (unpaired) electrons. The van der Waals surface area contributed by atoms with Crippen molar-refractivity contribution in [2.45, 2.75) is 31.9 Å². The van der Waals surface area contributed by atoms with Crippen LogP contribution in [0.4, 0.5) is 0 Å². The summed E-state index contributed by atoms with van der Waals surface area (Å²) in [6.45, 7) is 4.31. The second kappa shape index (κ2) is 1.97. The lowest BCUT2D eigenvalue weighted by molar-refractivity contribution is 0.202. The maximum absolute atomic E-state index is 11.9. The molecule has 1 heterocycles. The van der Waals surface area contributed by atoms with E-state index in [-0.39, 0.29) is 10.7 Å². The predicted octanol–water partition coefficient (Wildman–Crippen LogP) is 1.47. The van der Waals surface area contributed by atoms with Crippen molar-refractivity contribution in [2.75, 3.05) is 5.75 Å². The van der Waals surface area contributed by atoms with Gasteiger partial charge in [-0.05, 0) is 36.0 Å². The lowest BCUT2D eigenvalue weighted by Gasteiger charge is -2.34. The summed E-state index contributed by atoms with van der Waals surface area (Å²) in [5.74, 6) is 2.21. The van der Waals surface area contributed by atoms with Crippen molar-refractivity contribution in [1.82, 2.24) is 0 Å². The van der Waals surface area contributed by atoms with E-state index in [4.69, 9.17) is 0 Å². The smallest absolute Gasteiger partial charge is 0.154 e. The van der Waals surface area contributed by atoms with E-state index < -0.39 is 9.84 Å². The highest BCUT2D eigenvalue weighted by molar-refractivity contribution is 7.92. The first kappa shape index (κ1) is 8.27. The SMILES string of the molecule is CC1(C)C2CC3CS(=O)(=O)C1C3C2. The summed E-state index contributed by atoms with van der Waals surface area (Å²) < 4.78 is 23.8. The van der Waals surface area contributed by atoms with Crippen LogP contribution in [0.1, 0.15) is 26.7 Å². The van der Waals surface area contributed by atoms with Gasteiger partial charge in [0.25, 0.3) is 0 Å². The molecule has 3 heteroatoms. The summed E-state index contributed by atoms with van der Waals surface area (Å²) in [7, 11) is -2.74. The van der Waals surface area contributed by atoms with Crippen molar-refractivity contribution in [1.29, 1.82) is 0 Å². The Labute approximate surface area is 79.6 Å². The number of sulfone groups is 1. The third kappa shape index (κ3) is 0.780. The maximum Gasteiger partial charge on any atom is 0.154 e. The van der Waals surface area contributed by atoms with Gasteiger partial charge in [0.05, 0.1) is 11.0 Å². The number of rotatable bonds is 0. The monoisotopic (exact) mass is 200 g/mol. The fraction of sp³-hybridized carbons (Fsp3) is 1.00. The van der Waals surface area contributed by atoms with E-state index in [1.165, 1.54) is 12.8 Å². The molecule has 4 unspecified atom stereocenters. The van der Waals surface area contributed by atoms with Crippen LogP contribution < -0.4 is 0 Å². The van der Waals surface area contributed by atoms with E-state index in [1.807, 2.05) is 0 Å². The van der Waals surface area contributed by atoms with Gasteiger partial charge in [0.1, 0.15) is 0 Å². The summed E-state index contributed by atoms with van der Waals surface area (Å²) in [5, 5.41) is 0.00347. The Morgan fingerprint density at radius 1 is 1.23 bits per heavy atom. The van der Waals surface area contributed by atoms with Crippen LogP contribution >= 0.6 is 0 Å². The van der Waals surface area contributed by atoms with Crippen LogP contribution in [0.5, 0.6) is 0 Å². The molecule has 0 N–H and O–H groups in total. The lowest BCUT2D eigenvalue weighted by Crippen LogP contribution is -2.37. The second-order valence-electron chi connectivity index (χ2n) is 5.66. The molecule has 3 rings (SSSR count). The number of fused-ring (bicyclic) bond motifs is 1. The average Bonchev–Trinajstić information content (AvgIpc) is 2.43. The van der Waals surface area contributed by atoms with E-state index in [0.29, 0.717) is 23.5 Å². The average molecular weight is 200 g/mol. The van der Waals surface area contributed by atoms with Gasteiger partial charge >= 0.3 is 0 Å². The van der Waals surface area contributed by atoms with Gasteiger partial charge in [-0.1, -0.05) is 13.8 Å². The van der Waals surface area contributed by atoms with Gasteiger partial charge in [0, 0.05) is 0 Å². The maximum atomic E-state index is 11.9. The Bertz CT molecular complexity index is 353. The van der Waals surface area contributed by atoms with E-state index in [2.05, 4.69) is 13.8 Å². The molecule has 0 aromatic heterocycles. The van der Waals surface area contributed by atoms with Crippen LogP contribution in [-0.2, 0) is 9.84 Å². The largest absolute Gasteiger partial charge is 0.229 e. The van der Waals surface area contributed by atoms with Crippen LogP contribution in [-0.4, -0.2) is 19.4 Å². The lowest BCUT2D eigenvalue weighted by atomic mass is 9.73. The Morgan fingerprint density at radius 3 is 2.46 bits per heavy atom. The van der Waals surface area contributed by atoms with Gasteiger partial charge < -0.3 is 0 Å². The molecule has 4 atom stereocenters. The van der Waals surface area contributed by atoms with Crippen molar-refractivity contribution >= 4 is 9.84 Å². The minimum Gasteiger partial charge on any atom is -0.229 e. The fourth-order valence-corrected chi connectivity index (χ4v) is 7.41. The van der Waals surface area contributed by atoms with Crippen LogP contribution in [0.15, 0.2) is 0 Å². The van der Waals surface area contributed by atoms with Crippen LogP contribution in [0.2, 0.25) is 0 Å². The molecule has 74 valence electrons. The van der Waals surface area contributed by atoms with Crippen molar-refractivity contribution in [3.63, 3.8) is 0 Å². The highest BCUT2D eigenvalue weighted by atomic mass is 32.2. The number of hydrogen-bond donors (Lipinski definition) is 0. The molecule has 2 bridgehead atoms. The Balaban J connectivity index is 2.19. The van der Waals surface area contributed by atoms with Crippen molar-refractivity contribution in [3.05, 3.63) is 0 Å². The molecule has 0 aromatic carbocycles. The third-order valence-corrected chi connectivity index (χ3v) is 7.38. The molecule has 3 aliphatic rings. The van der Waals surface area contributed by atoms with Crippen molar-refractivity contribution in [3.8, 4) is 0 Å². The first-order valence-corrected chi connectivity index (χ1v) is 6.86. The zero-order chi connectivity index (χ0) is 9.43. The molecular weight excluding hydrogens is 184 g/mol. The molecule has 0 amide bonds. The standard InChI is InChI=1S/C10H16O2S/c1-10(2)7-3-6-5-13(11,12)9(10)8(6)4-7/h6-9H,3-5H2,1-2H3. The van der Waals surface area contributed by atoms with Gasteiger partial charge in [-0.3, -0.25) is 0 Å². The van der Waals surface area contributed by atoms with E-state index in [0.717, 1.165) is 0 Å². The molecule has 0 spiro atoms. The summed E-state index contributed by atoms with van der Waals surface area (Å²) in [5.41, 5.74) is 0.0660. The minimum atomic E-state index is -2.74. The molecule has 2 saturated carbocycles. The molecule has 2 aliphatic carbocycles. The highest BCUT2D eigenvalue weighted by Gasteiger charge is 2.66. The third-order valence-electron chi connectivity index (χ3n) is 4.76. The van der Waals surface area contributed by atoms with Crippen LogP contribution in [0, 0.1) is 23.2 Å². The Kier molecular flexibility index (Phi) is 1.26. The van der Waals surface area contributed by atoms with Gasteiger partial charge in [-0.25, -0.2) is 8.42 Å².